The average Bonchev–Trinajstić information content (AvgIpc) is 2.83. The van der Waals surface area contributed by atoms with Crippen molar-refractivity contribution < 1.29 is 9.90 Å². The van der Waals surface area contributed by atoms with Crippen molar-refractivity contribution in [3.8, 4) is 0 Å². The highest BCUT2D eigenvalue weighted by molar-refractivity contribution is 6.33. The Labute approximate surface area is 140 Å². The van der Waals surface area contributed by atoms with Gasteiger partial charge in [0.05, 0.1) is 17.9 Å². The fourth-order valence-corrected chi connectivity index (χ4v) is 2.53. The van der Waals surface area contributed by atoms with E-state index in [2.05, 4.69) is 10.4 Å². The van der Waals surface area contributed by atoms with Gasteiger partial charge in [-0.05, 0) is 30.7 Å². The van der Waals surface area contributed by atoms with Crippen LogP contribution in [0.25, 0.3) is 0 Å². The average molecular weight is 337 g/mol. The number of hydrogen-bond donors (Lipinski definition) is 2. The molecule has 1 heterocycles. The van der Waals surface area contributed by atoms with Crippen molar-refractivity contribution in [2.24, 2.45) is 7.05 Å². The van der Waals surface area contributed by atoms with Crippen molar-refractivity contribution in [1.29, 1.82) is 0 Å². The highest BCUT2D eigenvalue weighted by Crippen LogP contribution is 2.22. The van der Waals surface area contributed by atoms with Gasteiger partial charge in [-0.25, -0.2) is 0 Å². The lowest BCUT2D eigenvalue weighted by atomic mass is 10.2. The normalized spacial score (nSPS) is 10.7. The molecule has 0 radical (unpaired) electrons. The van der Waals surface area contributed by atoms with Crippen LogP contribution in [0, 0.1) is 0 Å². The number of anilines is 2. The summed E-state index contributed by atoms with van der Waals surface area (Å²) in [7, 11) is 3.61. The maximum Gasteiger partial charge on any atom is 0.260 e. The van der Waals surface area contributed by atoms with Crippen molar-refractivity contribution in [2.75, 3.05) is 30.4 Å². The maximum absolute atomic E-state index is 12.5. The van der Waals surface area contributed by atoms with Gasteiger partial charge in [-0.3, -0.25) is 9.48 Å². The van der Waals surface area contributed by atoms with Crippen molar-refractivity contribution in [2.45, 2.75) is 13.3 Å². The van der Waals surface area contributed by atoms with E-state index in [1.54, 1.807) is 7.05 Å². The monoisotopic (exact) mass is 336 g/mol. The molecule has 0 aliphatic heterocycles. The van der Waals surface area contributed by atoms with Crippen LogP contribution in [0.2, 0.25) is 5.15 Å². The molecule has 2 N–H and O–H groups in total. The number of hydrogen-bond acceptors (Lipinski definition) is 4. The molecule has 0 unspecified atom stereocenters. The first-order valence-corrected chi connectivity index (χ1v) is 7.80. The molecule has 1 amide bonds. The third kappa shape index (κ3) is 3.83. The van der Waals surface area contributed by atoms with E-state index < -0.39 is 0 Å². The van der Waals surface area contributed by atoms with Gasteiger partial charge in [0.2, 0.25) is 0 Å². The Balaban J connectivity index is 2.15. The number of halogens is 1. The Bertz CT molecular complexity index is 682. The minimum absolute atomic E-state index is 0.0916. The van der Waals surface area contributed by atoms with E-state index in [0.29, 0.717) is 35.1 Å². The number of nitrogens with one attached hydrogen (secondary N) is 1. The molecule has 0 saturated heterocycles. The molecule has 2 rings (SSSR count). The molecular formula is C16H21ClN4O2. The van der Waals surface area contributed by atoms with Gasteiger partial charge in [-0.2, -0.15) is 5.10 Å². The van der Waals surface area contributed by atoms with E-state index >= 15 is 0 Å². The molecule has 0 atom stereocenters. The molecule has 1 aromatic carbocycles. The van der Waals surface area contributed by atoms with E-state index in [4.69, 9.17) is 16.7 Å². The van der Waals surface area contributed by atoms with Crippen molar-refractivity contribution in [3.63, 3.8) is 0 Å². The molecule has 2 aromatic rings. The fraction of sp³-hybridized carbons (Fsp3) is 0.375. The zero-order chi connectivity index (χ0) is 17.0. The lowest BCUT2D eigenvalue weighted by Gasteiger charge is -2.18. The molecule has 124 valence electrons. The number of amides is 1. The van der Waals surface area contributed by atoms with Gasteiger partial charge in [-0.15, -0.1) is 0 Å². The Morgan fingerprint density at radius 3 is 2.61 bits per heavy atom. The largest absolute Gasteiger partial charge is 0.395 e. The van der Waals surface area contributed by atoms with Crippen LogP contribution in [0.5, 0.6) is 0 Å². The summed E-state index contributed by atoms with van der Waals surface area (Å²) < 4.78 is 1.50. The standard InChI is InChI=1S/C16H21ClN4O2/c1-4-13-14(15(17)21(3)19-13)16(23)18-11-5-7-12(8-6-11)20(2)9-10-22/h5-8,22H,4,9-10H2,1-3H3,(H,18,23). The molecule has 0 bridgehead atoms. The molecule has 7 heteroatoms. The number of carbonyl (C=O) groups excluding carboxylic acids is 1. The molecule has 0 aliphatic carbocycles. The first-order chi connectivity index (χ1) is 11.0. The Hall–Kier alpha value is -2.05. The third-order valence-electron chi connectivity index (χ3n) is 3.61. The molecule has 0 saturated carbocycles. The summed E-state index contributed by atoms with van der Waals surface area (Å²) in [5.74, 6) is -0.267. The Kier molecular flexibility index (Phi) is 5.63. The molecule has 23 heavy (non-hydrogen) atoms. The number of aryl methyl sites for hydroxylation is 2. The number of aromatic nitrogens is 2. The maximum atomic E-state index is 12.5. The van der Waals surface area contributed by atoms with Gasteiger partial charge < -0.3 is 15.3 Å². The lowest BCUT2D eigenvalue weighted by Crippen LogP contribution is -2.21. The smallest absolute Gasteiger partial charge is 0.260 e. The SMILES string of the molecule is CCc1nn(C)c(Cl)c1C(=O)Nc1ccc(N(C)CCO)cc1. The summed E-state index contributed by atoms with van der Waals surface area (Å²) in [5.41, 5.74) is 2.73. The molecule has 0 aliphatic rings. The van der Waals surface area contributed by atoms with Crippen molar-refractivity contribution >= 4 is 28.9 Å². The number of aliphatic hydroxyl groups is 1. The quantitative estimate of drug-likeness (QED) is 0.849. The second-order valence-corrected chi connectivity index (χ2v) is 5.59. The first kappa shape index (κ1) is 17.3. The second-order valence-electron chi connectivity index (χ2n) is 5.24. The number of nitrogens with zero attached hydrogens (tertiary/aromatic N) is 3. The Morgan fingerprint density at radius 1 is 1.39 bits per heavy atom. The lowest BCUT2D eigenvalue weighted by molar-refractivity contribution is 0.102. The first-order valence-electron chi connectivity index (χ1n) is 7.42. The molecule has 0 fully saturated rings. The van der Waals surface area contributed by atoms with Crippen LogP contribution in [0.1, 0.15) is 23.0 Å². The topological polar surface area (TPSA) is 70.4 Å². The van der Waals surface area contributed by atoms with Crippen LogP contribution in [-0.4, -0.2) is 41.0 Å². The van der Waals surface area contributed by atoms with Crippen molar-refractivity contribution in [1.82, 2.24) is 9.78 Å². The minimum Gasteiger partial charge on any atom is -0.395 e. The summed E-state index contributed by atoms with van der Waals surface area (Å²) in [4.78, 5) is 14.4. The van der Waals surface area contributed by atoms with E-state index in [1.807, 2.05) is 43.1 Å². The van der Waals surface area contributed by atoms with Gasteiger partial charge in [-0.1, -0.05) is 18.5 Å². The number of rotatable bonds is 6. The van der Waals surface area contributed by atoms with Crippen LogP contribution in [-0.2, 0) is 13.5 Å². The zero-order valence-electron chi connectivity index (χ0n) is 13.5. The van der Waals surface area contributed by atoms with Crippen LogP contribution >= 0.6 is 11.6 Å². The zero-order valence-corrected chi connectivity index (χ0v) is 14.3. The van der Waals surface area contributed by atoms with E-state index in [-0.39, 0.29) is 12.5 Å². The molecule has 6 nitrogen and oxygen atoms in total. The van der Waals surface area contributed by atoms with Crippen LogP contribution in [0.4, 0.5) is 11.4 Å². The van der Waals surface area contributed by atoms with E-state index in [1.165, 1.54) is 4.68 Å². The number of likely N-dealkylation sites (N-methyl/N-ethyl adjacent to an activating group) is 1. The summed E-state index contributed by atoms with van der Waals surface area (Å²) in [5, 5.41) is 16.4. The van der Waals surface area contributed by atoms with Crippen LogP contribution in [0.3, 0.4) is 0 Å². The highest BCUT2D eigenvalue weighted by Gasteiger charge is 2.20. The predicted molar refractivity (Wildman–Crippen MR) is 92.3 cm³/mol. The number of benzene rings is 1. The van der Waals surface area contributed by atoms with Gasteiger partial charge in [0, 0.05) is 32.0 Å². The van der Waals surface area contributed by atoms with Gasteiger partial charge in [0.15, 0.2) is 0 Å². The van der Waals surface area contributed by atoms with Gasteiger partial charge >= 0.3 is 0 Å². The van der Waals surface area contributed by atoms with E-state index in [9.17, 15) is 4.79 Å². The molecular weight excluding hydrogens is 316 g/mol. The highest BCUT2D eigenvalue weighted by atomic mass is 35.5. The Morgan fingerprint density at radius 2 is 2.04 bits per heavy atom. The number of carbonyl (C=O) groups is 1. The molecule has 0 spiro atoms. The summed E-state index contributed by atoms with van der Waals surface area (Å²) in [6.45, 7) is 2.58. The predicted octanol–water partition coefficient (Wildman–Crippen LogP) is 2.32. The van der Waals surface area contributed by atoms with Crippen LogP contribution in [0.15, 0.2) is 24.3 Å². The van der Waals surface area contributed by atoms with Gasteiger partial charge in [0.25, 0.3) is 5.91 Å². The minimum atomic E-state index is -0.267. The molecule has 1 aromatic heterocycles. The third-order valence-corrected chi connectivity index (χ3v) is 4.05. The fourth-order valence-electron chi connectivity index (χ4n) is 2.30. The van der Waals surface area contributed by atoms with Crippen molar-refractivity contribution in [3.05, 3.63) is 40.7 Å². The van der Waals surface area contributed by atoms with E-state index in [0.717, 1.165) is 5.69 Å². The summed E-state index contributed by atoms with van der Waals surface area (Å²) in [6, 6.07) is 7.40. The summed E-state index contributed by atoms with van der Waals surface area (Å²) >= 11 is 6.16. The second kappa shape index (κ2) is 7.48. The van der Waals surface area contributed by atoms with Crippen LogP contribution < -0.4 is 10.2 Å². The van der Waals surface area contributed by atoms with Gasteiger partial charge in [0.1, 0.15) is 5.15 Å². The number of aliphatic hydroxyl groups excluding tert-OH is 1. The summed E-state index contributed by atoms with van der Waals surface area (Å²) in [6.07, 6.45) is 0.633.